The monoisotopic (exact) mass is 523 g/mol. The summed E-state index contributed by atoms with van der Waals surface area (Å²) in [5, 5.41) is 6.10. The average molecular weight is 524 g/mol. The first kappa shape index (κ1) is 21.3. The first-order valence-corrected chi connectivity index (χ1v) is 13.9. The largest absolute Gasteiger partial charge is 0.309 e. The van der Waals surface area contributed by atoms with Crippen molar-refractivity contribution in [3.8, 4) is 16.8 Å². The van der Waals surface area contributed by atoms with Crippen molar-refractivity contribution >= 4 is 60.3 Å². The molecular weight excluding hydrogens is 502 g/mol. The van der Waals surface area contributed by atoms with Crippen LogP contribution in [0.1, 0.15) is 11.1 Å². The van der Waals surface area contributed by atoms with Gasteiger partial charge in [0.05, 0.1) is 22.1 Å². The first-order valence-electron chi connectivity index (χ1n) is 13.9. The fourth-order valence-corrected chi connectivity index (χ4v) is 7.26. The summed E-state index contributed by atoms with van der Waals surface area (Å²) in [6.45, 7) is 0. The smallest absolute Gasteiger partial charge is 0.178 e. The van der Waals surface area contributed by atoms with E-state index in [4.69, 9.17) is 4.98 Å². The topological polar surface area (TPSA) is 48.0 Å². The van der Waals surface area contributed by atoms with Crippen LogP contribution in [0.15, 0.2) is 116 Å². The number of rotatable bonds is 1. The van der Waals surface area contributed by atoms with Crippen LogP contribution in [0.2, 0.25) is 0 Å². The van der Waals surface area contributed by atoms with Gasteiger partial charge in [0.15, 0.2) is 5.65 Å². The molecule has 0 atom stereocenters. The highest BCUT2D eigenvalue weighted by atomic mass is 15.1. The zero-order valence-electron chi connectivity index (χ0n) is 21.9. The molecule has 10 rings (SSSR count). The number of para-hydroxylation sites is 2. The molecule has 5 heteroatoms. The molecule has 0 unspecified atom stereocenters. The molecule has 5 aromatic heterocycles. The number of aromatic nitrogens is 5. The van der Waals surface area contributed by atoms with Crippen molar-refractivity contribution in [1.29, 1.82) is 0 Å². The zero-order chi connectivity index (χ0) is 26.7. The van der Waals surface area contributed by atoms with E-state index in [-0.39, 0.29) is 0 Å². The number of hydrogen-bond acceptors (Lipinski definition) is 3. The third-order valence-electron chi connectivity index (χ3n) is 8.87. The van der Waals surface area contributed by atoms with Crippen LogP contribution in [0, 0.1) is 0 Å². The molecule has 0 radical (unpaired) electrons. The van der Waals surface area contributed by atoms with Crippen molar-refractivity contribution in [2.45, 2.75) is 6.42 Å². The molecule has 0 bridgehead atoms. The van der Waals surface area contributed by atoms with Crippen molar-refractivity contribution < 1.29 is 0 Å². The normalized spacial score (nSPS) is 12.8. The molecule has 4 aromatic carbocycles. The maximum Gasteiger partial charge on any atom is 0.178 e. The van der Waals surface area contributed by atoms with Gasteiger partial charge in [-0.3, -0.25) is 9.38 Å². The number of nitrogens with zero attached hydrogens (tertiary/aromatic N) is 5. The summed E-state index contributed by atoms with van der Waals surface area (Å²) in [4.78, 5) is 14.3. The first-order chi connectivity index (χ1) is 20.4. The Bertz CT molecular complexity index is 2550. The second-order valence-electron chi connectivity index (χ2n) is 10.9. The van der Waals surface area contributed by atoms with Crippen LogP contribution in [0.4, 0.5) is 0 Å². The number of hydrogen-bond donors (Lipinski definition) is 0. The van der Waals surface area contributed by atoms with Gasteiger partial charge in [-0.05, 0) is 76.5 Å². The van der Waals surface area contributed by atoms with E-state index in [1.807, 2.05) is 24.7 Å². The lowest BCUT2D eigenvalue weighted by molar-refractivity contribution is 1.18. The predicted molar refractivity (Wildman–Crippen MR) is 166 cm³/mol. The van der Waals surface area contributed by atoms with Crippen LogP contribution in [0.3, 0.4) is 0 Å². The van der Waals surface area contributed by atoms with Crippen molar-refractivity contribution in [1.82, 2.24) is 23.9 Å². The van der Waals surface area contributed by atoms with Crippen LogP contribution in [0.5, 0.6) is 0 Å². The summed E-state index contributed by atoms with van der Waals surface area (Å²) in [6.07, 6.45) is 6.53. The van der Waals surface area contributed by atoms with Gasteiger partial charge >= 0.3 is 0 Å². The zero-order valence-corrected chi connectivity index (χ0v) is 21.9. The van der Waals surface area contributed by atoms with Crippen LogP contribution >= 0.6 is 0 Å². The minimum absolute atomic E-state index is 0.763. The molecule has 5 nitrogen and oxygen atoms in total. The van der Waals surface area contributed by atoms with E-state index in [1.165, 1.54) is 60.5 Å². The maximum atomic E-state index is 5.12. The molecule has 0 spiro atoms. The van der Waals surface area contributed by atoms with Gasteiger partial charge in [0.2, 0.25) is 0 Å². The van der Waals surface area contributed by atoms with Gasteiger partial charge in [0.1, 0.15) is 5.65 Å². The van der Waals surface area contributed by atoms with Gasteiger partial charge in [-0.25, -0.2) is 9.97 Å². The van der Waals surface area contributed by atoms with Gasteiger partial charge in [0.25, 0.3) is 0 Å². The van der Waals surface area contributed by atoms with E-state index in [9.17, 15) is 0 Å². The number of imidazole rings is 1. The SMILES string of the molecule is c1ccc(-n2c3ccccc3c3c4c(ccc32)Cc2c-4ccc3c4cnccc4n4c5cccnc5nc4c23)cc1. The van der Waals surface area contributed by atoms with Crippen molar-refractivity contribution in [2.24, 2.45) is 0 Å². The van der Waals surface area contributed by atoms with E-state index in [0.717, 1.165) is 34.1 Å². The highest BCUT2D eigenvalue weighted by molar-refractivity contribution is 6.21. The van der Waals surface area contributed by atoms with Crippen LogP contribution in [-0.4, -0.2) is 23.9 Å². The molecule has 41 heavy (non-hydrogen) atoms. The maximum absolute atomic E-state index is 5.12. The molecule has 0 fully saturated rings. The second kappa shape index (κ2) is 7.55. The molecule has 5 heterocycles. The van der Waals surface area contributed by atoms with Gasteiger partial charge < -0.3 is 4.57 Å². The fraction of sp³-hybridized carbons (Fsp3) is 0.0278. The Morgan fingerprint density at radius 2 is 1.49 bits per heavy atom. The van der Waals surface area contributed by atoms with Crippen LogP contribution in [0.25, 0.3) is 77.1 Å². The van der Waals surface area contributed by atoms with Crippen LogP contribution < -0.4 is 0 Å². The summed E-state index contributed by atoms with van der Waals surface area (Å²) in [7, 11) is 0. The summed E-state index contributed by atoms with van der Waals surface area (Å²) in [5.74, 6) is 0. The Kier molecular flexibility index (Phi) is 3.92. The molecule has 0 saturated heterocycles. The van der Waals surface area contributed by atoms with Crippen molar-refractivity contribution in [3.05, 3.63) is 127 Å². The second-order valence-corrected chi connectivity index (χ2v) is 10.9. The summed E-state index contributed by atoms with van der Waals surface area (Å²) in [6, 6.07) is 34.8. The molecule has 1 aliphatic carbocycles. The molecule has 9 aromatic rings. The lowest BCUT2D eigenvalue weighted by atomic mass is 9.96. The van der Waals surface area contributed by atoms with Crippen LogP contribution in [-0.2, 0) is 6.42 Å². The molecule has 0 N–H and O–H groups in total. The molecule has 0 amide bonds. The van der Waals surface area contributed by atoms with Crippen molar-refractivity contribution in [2.75, 3.05) is 0 Å². The lowest BCUT2D eigenvalue weighted by Crippen LogP contribution is -1.95. The van der Waals surface area contributed by atoms with E-state index in [0.29, 0.717) is 0 Å². The Labute approximate surface area is 234 Å². The van der Waals surface area contributed by atoms with Gasteiger partial charge in [-0.1, -0.05) is 54.6 Å². The van der Waals surface area contributed by atoms with Gasteiger partial charge in [-0.15, -0.1) is 0 Å². The Morgan fingerprint density at radius 1 is 0.610 bits per heavy atom. The van der Waals surface area contributed by atoms with Gasteiger partial charge in [-0.2, -0.15) is 0 Å². The number of pyridine rings is 3. The number of benzene rings is 4. The van der Waals surface area contributed by atoms with E-state index in [1.54, 1.807) is 0 Å². The predicted octanol–water partition coefficient (Wildman–Crippen LogP) is 8.25. The van der Waals surface area contributed by atoms with E-state index >= 15 is 0 Å². The standard InChI is InChI=1S/C36H21N5/c1-2-7-22(8-3-1)40-28-10-5-4-9-25(28)34-30(40)15-12-21-19-26-23(32(21)34)13-14-24-27-20-37-18-16-29(27)41-31-11-6-17-38-35(31)39-36(41)33(24)26/h1-18,20H,19H2. The highest BCUT2D eigenvalue weighted by Gasteiger charge is 2.28. The summed E-state index contributed by atoms with van der Waals surface area (Å²) >= 11 is 0. The third-order valence-corrected chi connectivity index (χ3v) is 8.87. The minimum atomic E-state index is 0.763. The Balaban J connectivity index is 1.38. The molecule has 1 aliphatic rings. The molecular formula is C36H21N5. The van der Waals surface area contributed by atoms with Gasteiger partial charge in [0, 0.05) is 45.8 Å². The Morgan fingerprint density at radius 3 is 2.44 bits per heavy atom. The summed E-state index contributed by atoms with van der Waals surface area (Å²) < 4.78 is 4.66. The minimum Gasteiger partial charge on any atom is -0.309 e. The molecule has 0 saturated carbocycles. The van der Waals surface area contributed by atoms with Crippen molar-refractivity contribution in [3.63, 3.8) is 0 Å². The van der Waals surface area contributed by atoms with E-state index in [2.05, 4.69) is 110 Å². The molecule has 0 aliphatic heterocycles. The Hall–Kier alpha value is -5.55. The fourth-order valence-electron chi connectivity index (χ4n) is 7.26. The highest BCUT2D eigenvalue weighted by Crippen LogP contribution is 2.49. The third kappa shape index (κ3) is 2.63. The summed E-state index contributed by atoms with van der Waals surface area (Å²) in [5.41, 5.74) is 12.8. The average Bonchev–Trinajstić information content (AvgIpc) is 3.71. The lowest BCUT2D eigenvalue weighted by Gasteiger charge is -2.12. The number of fused-ring (bicyclic) bond motifs is 16. The molecule has 190 valence electrons. The quantitative estimate of drug-likeness (QED) is 0.204. The van der Waals surface area contributed by atoms with E-state index < -0.39 is 0 Å².